The van der Waals surface area contributed by atoms with Crippen molar-refractivity contribution in [1.82, 2.24) is 9.21 Å². The van der Waals surface area contributed by atoms with Crippen LogP contribution < -0.4 is 0 Å². The van der Waals surface area contributed by atoms with Gasteiger partial charge in [-0.25, -0.2) is 8.42 Å². The summed E-state index contributed by atoms with van der Waals surface area (Å²) in [5.74, 6) is 0.735. The van der Waals surface area contributed by atoms with Crippen LogP contribution >= 0.6 is 0 Å². The van der Waals surface area contributed by atoms with Gasteiger partial charge in [0.15, 0.2) is 0 Å². The van der Waals surface area contributed by atoms with Crippen molar-refractivity contribution < 1.29 is 12.8 Å². The average molecular weight is 403 g/mol. The highest BCUT2D eigenvalue weighted by Gasteiger charge is 2.30. The third kappa shape index (κ3) is 4.50. The summed E-state index contributed by atoms with van der Waals surface area (Å²) in [4.78, 5) is 2.46. The maximum absolute atomic E-state index is 12.7. The summed E-state index contributed by atoms with van der Waals surface area (Å²) in [5, 5.41) is 0.0905. The minimum absolute atomic E-state index is 0.0905. The molecule has 1 saturated heterocycles. The number of hydrogen-bond donors (Lipinski definition) is 0. The normalized spacial score (nSPS) is 19.5. The van der Waals surface area contributed by atoms with E-state index in [0.717, 1.165) is 25.1 Å². The first kappa shape index (κ1) is 19.7. The molecule has 2 fully saturated rings. The fourth-order valence-corrected chi connectivity index (χ4v) is 5.86. The van der Waals surface area contributed by atoms with Gasteiger partial charge in [-0.05, 0) is 43.4 Å². The van der Waals surface area contributed by atoms with Crippen LogP contribution in [0.15, 0.2) is 52.0 Å². The van der Waals surface area contributed by atoms with Crippen molar-refractivity contribution in [2.45, 2.75) is 69.2 Å². The molecule has 1 aromatic carbocycles. The number of rotatable bonds is 7. The maximum Gasteiger partial charge on any atom is 0.276 e. The van der Waals surface area contributed by atoms with E-state index in [9.17, 15) is 8.42 Å². The zero-order chi connectivity index (χ0) is 19.4. The molecule has 0 atom stereocenters. The molecule has 1 aliphatic carbocycles. The van der Waals surface area contributed by atoms with Crippen LogP contribution in [0.4, 0.5) is 0 Å². The van der Waals surface area contributed by atoms with Gasteiger partial charge in [-0.3, -0.25) is 4.90 Å². The van der Waals surface area contributed by atoms with E-state index in [2.05, 4.69) is 29.2 Å². The molecule has 1 aliphatic heterocycles. The van der Waals surface area contributed by atoms with Crippen LogP contribution in [0.1, 0.15) is 56.3 Å². The van der Waals surface area contributed by atoms with Crippen LogP contribution in [0, 0.1) is 0 Å². The number of furan rings is 1. The predicted molar refractivity (Wildman–Crippen MR) is 109 cm³/mol. The number of benzene rings is 1. The smallest absolute Gasteiger partial charge is 0.276 e. The molecule has 0 N–H and O–H groups in total. The van der Waals surface area contributed by atoms with Gasteiger partial charge in [0.25, 0.3) is 10.0 Å². The quantitative estimate of drug-likeness (QED) is 0.689. The Morgan fingerprint density at radius 1 is 0.893 bits per heavy atom. The van der Waals surface area contributed by atoms with E-state index >= 15 is 0 Å². The number of sulfonamides is 1. The van der Waals surface area contributed by atoms with E-state index in [1.54, 1.807) is 10.4 Å². The van der Waals surface area contributed by atoms with Crippen molar-refractivity contribution in [1.29, 1.82) is 0 Å². The molecular formula is C22H30N2O3S. The Bertz CT molecular complexity index is 851. The van der Waals surface area contributed by atoms with Gasteiger partial charge in [-0.2, -0.15) is 4.31 Å². The molecule has 1 saturated carbocycles. The third-order valence-corrected chi connectivity index (χ3v) is 7.75. The first-order chi connectivity index (χ1) is 13.6. The Kier molecular flexibility index (Phi) is 6.19. The third-order valence-electron chi connectivity index (χ3n) is 5.97. The van der Waals surface area contributed by atoms with Gasteiger partial charge in [0.1, 0.15) is 5.76 Å². The summed E-state index contributed by atoms with van der Waals surface area (Å²) in [6, 6.07) is 14.5. The largest absolute Gasteiger partial charge is 0.447 e. The Hall–Kier alpha value is -1.63. The first-order valence-electron chi connectivity index (χ1n) is 10.5. The second-order valence-corrected chi connectivity index (χ2v) is 9.88. The molecule has 0 radical (unpaired) electrons. The van der Waals surface area contributed by atoms with Crippen LogP contribution in [0.5, 0.6) is 0 Å². The molecule has 6 heteroatoms. The van der Waals surface area contributed by atoms with Crippen LogP contribution in [-0.2, 0) is 23.1 Å². The summed E-state index contributed by atoms with van der Waals surface area (Å²) < 4.78 is 32.9. The molecule has 152 valence electrons. The molecule has 5 nitrogen and oxygen atoms in total. The van der Waals surface area contributed by atoms with Crippen LogP contribution in [-0.4, -0.2) is 36.8 Å². The zero-order valence-electron chi connectivity index (χ0n) is 16.4. The molecule has 0 spiro atoms. The minimum Gasteiger partial charge on any atom is -0.447 e. The van der Waals surface area contributed by atoms with Crippen molar-refractivity contribution in [2.24, 2.45) is 0 Å². The van der Waals surface area contributed by atoms with Crippen molar-refractivity contribution in [2.75, 3.05) is 13.1 Å². The van der Waals surface area contributed by atoms with Gasteiger partial charge in [0, 0.05) is 25.7 Å². The van der Waals surface area contributed by atoms with Crippen LogP contribution in [0.25, 0.3) is 0 Å². The molecule has 1 aromatic heterocycles. The van der Waals surface area contributed by atoms with Gasteiger partial charge in [-0.15, -0.1) is 0 Å². The summed E-state index contributed by atoms with van der Waals surface area (Å²) in [6.07, 6.45) is 8.11. The van der Waals surface area contributed by atoms with Gasteiger partial charge < -0.3 is 4.42 Å². The zero-order valence-corrected chi connectivity index (χ0v) is 17.2. The standard InChI is InChI=1S/C22H30N2O3S/c25-28(26,24-15-7-8-16-24)22-14-13-21(27-22)18-23(20-11-5-2-6-12-20)17-19-9-3-1-4-10-19/h1,3-4,9-10,13-14,20H,2,5-8,11-12,15-18H2. The van der Waals surface area contributed by atoms with Crippen molar-refractivity contribution in [3.05, 3.63) is 53.8 Å². The molecule has 2 aliphatic rings. The molecule has 4 rings (SSSR count). The summed E-state index contributed by atoms with van der Waals surface area (Å²) in [6.45, 7) is 2.71. The summed E-state index contributed by atoms with van der Waals surface area (Å²) in [7, 11) is -3.49. The van der Waals surface area contributed by atoms with E-state index in [-0.39, 0.29) is 5.09 Å². The Morgan fingerprint density at radius 3 is 2.32 bits per heavy atom. The van der Waals surface area contributed by atoms with Crippen molar-refractivity contribution in [3.63, 3.8) is 0 Å². The van der Waals surface area contributed by atoms with E-state index in [1.165, 1.54) is 37.7 Å². The molecule has 2 heterocycles. The SMILES string of the molecule is O=S(=O)(c1ccc(CN(Cc2ccccc2)C2CCCCC2)o1)N1CCCC1. The predicted octanol–water partition coefficient (Wildman–Crippen LogP) is 4.40. The fraction of sp³-hybridized carbons (Fsp3) is 0.545. The molecule has 28 heavy (non-hydrogen) atoms. The molecule has 0 unspecified atom stereocenters. The Balaban J connectivity index is 1.51. The van der Waals surface area contributed by atoms with E-state index in [0.29, 0.717) is 25.7 Å². The minimum atomic E-state index is -3.49. The number of nitrogens with zero attached hydrogens (tertiary/aromatic N) is 2. The van der Waals surface area contributed by atoms with E-state index in [1.807, 2.05) is 12.1 Å². The highest BCUT2D eigenvalue weighted by Crippen LogP contribution is 2.28. The van der Waals surface area contributed by atoms with Gasteiger partial charge >= 0.3 is 0 Å². The van der Waals surface area contributed by atoms with Gasteiger partial charge in [-0.1, -0.05) is 49.6 Å². The van der Waals surface area contributed by atoms with E-state index < -0.39 is 10.0 Å². The lowest BCUT2D eigenvalue weighted by Gasteiger charge is -2.34. The molecule has 0 bridgehead atoms. The van der Waals surface area contributed by atoms with Crippen LogP contribution in [0.3, 0.4) is 0 Å². The fourth-order valence-electron chi connectivity index (χ4n) is 4.42. The highest BCUT2D eigenvalue weighted by atomic mass is 32.2. The maximum atomic E-state index is 12.7. The summed E-state index contributed by atoms with van der Waals surface area (Å²) >= 11 is 0. The van der Waals surface area contributed by atoms with Crippen molar-refractivity contribution in [3.8, 4) is 0 Å². The summed E-state index contributed by atoms with van der Waals surface area (Å²) in [5.41, 5.74) is 1.28. The lowest BCUT2D eigenvalue weighted by molar-refractivity contribution is 0.127. The molecule has 0 amide bonds. The highest BCUT2D eigenvalue weighted by molar-refractivity contribution is 7.89. The Morgan fingerprint density at radius 2 is 1.61 bits per heavy atom. The molecular weight excluding hydrogens is 372 g/mol. The lowest BCUT2D eigenvalue weighted by atomic mass is 9.93. The topological polar surface area (TPSA) is 53.8 Å². The second-order valence-electron chi connectivity index (χ2n) is 8.01. The lowest BCUT2D eigenvalue weighted by Crippen LogP contribution is -2.35. The first-order valence-corrected chi connectivity index (χ1v) is 11.9. The second kappa shape index (κ2) is 8.80. The molecule has 2 aromatic rings. The monoisotopic (exact) mass is 402 g/mol. The van der Waals surface area contributed by atoms with Crippen LogP contribution in [0.2, 0.25) is 0 Å². The van der Waals surface area contributed by atoms with Crippen molar-refractivity contribution >= 4 is 10.0 Å². The number of hydrogen-bond acceptors (Lipinski definition) is 4. The van der Waals surface area contributed by atoms with Gasteiger partial charge in [0.05, 0.1) is 6.54 Å². The Labute approximate surface area is 168 Å². The average Bonchev–Trinajstić information content (AvgIpc) is 3.42. The van der Waals surface area contributed by atoms with Gasteiger partial charge in [0.2, 0.25) is 5.09 Å². The van der Waals surface area contributed by atoms with E-state index in [4.69, 9.17) is 4.42 Å².